The summed E-state index contributed by atoms with van der Waals surface area (Å²) in [5.74, 6) is 0.879. The standard InChI is InChI=1S/C22H29N7O5/c30-22(18-3-6-21(34-18)29(31)32)28-13-11-27(12-14-28)20-5-4-19(23-24-20)26-9-7-25(8-10-26)16-17-2-1-15-33-17/h3-6,17H,1-2,7-16H2. The minimum atomic E-state index is -0.650. The van der Waals surface area contributed by atoms with Gasteiger partial charge in [0.25, 0.3) is 5.91 Å². The third-order valence-electron chi connectivity index (χ3n) is 6.69. The van der Waals surface area contributed by atoms with Gasteiger partial charge >= 0.3 is 5.88 Å². The first kappa shape index (κ1) is 22.5. The van der Waals surface area contributed by atoms with Crippen molar-refractivity contribution in [3.63, 3.8) is 0 Å². The van der Waals surface area contributed by atoms with Crippen molar-refractivity contribution in [1.82, 2.24) is 20.0 Å². The number of rotatable bonds is 6. The summed E-state index contributed by atoms with van der Waals surface area (Å²) in [5.41, 5.74) is 0. The molecular formula is C22H29N7O5. The van der Waals surface area contributed by atoms with Crippen LogP contribution >= 0.6 is 0 Å². The van der Waals surface area contributed by atoms with E-state index in [0.29, 0.717) is 32.3 Å². The number of nitrogens with zero attached hydrogens (tertiary/aromatic N) is 7. The largest absolute Gasteiger partial charge is 0.433 e. The number of aromatic nitrogens is 2. The second-order valence-electron chi connectivity index (χ2n) is 8.85. The second-order valence-corrected chi connectivity index (χ2v) is 8.85. The lowest BCUT2D eigenvalue weighted by Crippen LogP contribution is -2.49. The number of anilines is 2. The maximum atomic E-state index is 12.6. The number of piperazine rings is 2. The molecule has 3 aliphatic rings. The maximum Gasteiger partial charge on any atom is 0.433 e. The molecule has 2 aromatic heterocycles. The lowest BCUT2D eigenvalue weighted by atomic mass is 10.2. The van der Waals surface area contributed by atoms with Crippen LogP contribution in [0.1, 0.15) is 23.4 Å². The molecule has 3 saturated heterocycles. The van der Waals surface area contributed by atoms with E-state index in [2.05, 4.69) is 24.9 Å². The predicted octanol–water partition coefficient (Wildman–Crippen LogP) is 1.24. The molecule has 1 unspecified atom stereocenters. The topological polar surface area (TPSA) is 121 Å². The van der Waals surface area contributed by atoms with Gasteiger partial charge in [0.05, 0.1) is 12.2 Å². The predicted molar refractivity (Wildman–Crippen MR) is 123 cm³/mol. The minimum absolute atomic E-state index is 0.0137. The zero-order valence-corrected chi connectivity index (χ0v) is 19.0. The summed E-state index contributed by atoms with van der Waals surface area (Å²) in [5, 5.41) is 19.7. The van der Waals surface area contributed by atoms with Crippen LogP contribution in [-0.4, -0.2) is 102 Å². The van der Waals surface area contributed by atoms with Crippen molar-refractivity contribution in [2.45, 2.75) is 18.9 Å². The molecule has 182 valence electrons. The number of amides is 1. The molecule has 0 spiro atoms. The number of carbonyl (C=O) groups excluding carboxylic acids is 1. The minimum Gasteiger partial charge on any atom is -0.395 e. The molecule has 0 aliphatic carbocycles. The SMILES string of the molecule is O=C(c1ccc([N+](=O)[O-])o1)N1CCN(c2ccc(N3CCN(CC4CCCO4)CC3)nn2)CC1. The van der Waals surface area contributed by atoms with Gasteiger partial charge in [0.1, 0.15) is 4.92 Å². The number of carbonyl (C=O) groups is 1. The normalized spacial score (nSPS) is 21.8. The maximum absolute atomic E-state index is 12.6. The Balaban J connectivity index is 1.10. The monoisotopic (exact) mass is 471 g/mol. The van der Waals surface area contributed by atoms with Gasteiger partial charge < -0.3 is 23.9 Å². The molecule has 3 fully saturated rings. The van der Waals surface area contributed by atoms with Gasteiger partial charge in [0.2, 0.25) is 0 Å². The molecule has 2 aromatic rings. The highest BCUT2D eigenvalue weighted by Crippen LogP contribution is 2.21. The van der Waals surface area contributed by atoms with Crippen LogP contribution in [0.3, 0.4) is 0 Å². The number of hydrogen-bond donors (Lipinski definition) is 0. The van der Waals surface area contributed by atoms with E-state index in [4.69, 9.17) is 9.15 Å². The van der Waals surface area contributed by atoms with E-state index in [1.54, 1.807) is 4.90 Å². The molecule has 0 aromatic carbocycles. The van der Waals surface area contributed by atoms with Crippen LogP contribution in [0.25, 0.3) is 0 Å². The Labute approximate surface area is 197 Å². The molecule has 5 heterocycles. The molecule has 12 heteroatoms. The van der Waals surface area contributed by atoms with E-state index in [0.717, 1.165) is 51.0 Å². The number of ether oxygens (including phenoxy) is 1. The number of furan rings is 1. The lowest BCUT2D eigenvalue weighted by Gasteiger charge is -2.36. The highest BCUT2D eigenvalue weighted by molar-refractivity contribution is 5.92. The van der Waals surface area contributed by atoms with Crippen molar-refractivity contribution in [2.24, 2.45) is 0 Å². The van der Waals surface area contributed by atoms with Crippen LogP contribution in [0.4, 0.5) is 17.5 Å². The smallest absolute Gasteiger partial charge is 0.395 e. The molecule has 0 saturated carbocycles. The highest BCUT2D eigenvalue weighted by atomic mass is 16.6. The summed E-state index contributed by atoms with van der Waals surface area (Å²) in [4.78, 5) is 31.1. The first-order chi connectivity index (χ1) is 16.6. The fraction of sp³-hybridized carbons (Fsp3) is 0.591. The molecule has 3 aliphatic heterocycles. The summed E-state index contributed by atoms with van der Waals surface area (Å²) in [6.07, 6.45) is 2.73. The van der Waals surface area contributed by atoms with Crippen LogP contribution in [0.15, 0.2) is 28.7 Å². The third-order valence-corrected chi connectivity index (χ3v) is 6.69. The molecule has 0 bridgehead atoms. The van der Waals surface area contributed by atoms with Crippen molar-refractivity contribution in [3.05, 3.63) is 40.1 Å². The average molecular weight is 472 g/mol. The van der Waals surface area contributed by atoms with E-state index in [1.807, 2.05) is 12.1 Å². The lowest BCUT2D eigenvalue weighted by molar-refractivity contribution is -0.402. The van der Waals surface area contributed by atoms with Gasteiger partial charge in [-0.05, 0) is 31.0 Å². The zero-order valence-electron chi connectivity index (χ0n) is 19.0. The summed E-state index contributed by atoms with van der Waals surface area (Å²) >= 11 is 0. The quantitative estimate of drug-likeness (QED) is 0.449. The molecule has 0 N–H and O–H groups in total. The molecule has 1 amide bonds. The average Bonchev–Trinajstić information content (AvgIpc) is 3.57. The molecular weight excluding hydrogens is 442 g/mol. The van der Waals surface area contributed by atoms with Crippen LogP contribution < -0.4 is 9.80 Å². The first-order valence-electron chi connectivity index (χ1n) is 11.8. The van der Waals surface area contributed by atoms with Crippen LogP contribution in [-0.2, 0) is 4.74 Å². The Bertz CT molecular complexity index is 991. The molecule has 34 heavy (non-hydrogen) atoms. The number of hydrogen-bond acceptors (Lipinski definition) is 10. The Morgan fingerprint density at radius 1 is 0.971 bits per heavy atom. The van der Waals surface area contributed by atoms with Gasteiger partial charge in [-0.15, -0.1) is 10.2 Å². The van der Waals surface area contributed by atoms with E-state index < -0.39 is 10.8 Å². The molecule has 5 rings (SSSR count). The van der Waals surface area contributed by atoms with E-state index in [9.17, 15) is 14.9 Å². The van der Waals surface area contributed by atoms with Gasteiger partial charge in [-0.3, -0.25) is 19.8 Å². The van der Waals surface area contributed by atoms with Gasteiger partial charge in [-0.2, -0.15) is 0 Å². The van der Waals surface area contributed by atoms with Crippen molar-refractivity contribution in [1.29, 1.82) is 0 Å². The van der Waals surface area contributed by atoms with Crippen LogP contribution in [0.5, 0.6) is 0 Å². The van der Waals surface area contributed by atoms with Crippen molar-refractivity contribution < 1.29 is 18.9 Å². The molecule has 0 radical (unpaired) electrons. The highest BCUT2D eigenvalue weighted by Gasteiger charge is 2.27. The third kappa shape index (κ3) is 4.97. The Hall–Kier alpha value is -3.25. The fourth-order valence-corrected chi connectivity index (χ4v) is 4.73. The Kier molecular flexibility index (Phi) is 6.59. The summed E-state index contributed by atoms with van der Waals surface area (Å²) in [7, 11) is 0. The van der Waals surface area contributed by atoms with Crippen LogP contribution in [0.2, 0.25) is 0 Å². The second kappa shape index (κ2) is 9.94. The Morgan fingerprint density at radius 2 is 1.62 bits per heavy atom. The van der Waals surface area contributed by atoms with E-state index in [-0.39, 0.29) is 11.7 Å². The summed E-state index contributed by atoms with van der Waals surface area (Å²) < 4.78 is 10.8. The van der Waals surface area contributed by atoms with Gasteiger partial charge in [0, 0.05) is 65.5 Å². The van der Waals surface area contributed by atoms with Gasteiger partial charge in [-0.25, -0.2) is 0 Å². The first-order valence-corrected chi connectivity index (χ1v) is 11.8. The number of nitro groups is 1. The van der Waals surface area contributed by atoms with E-state index >= 15 is 0 Å². The van der Waals surface area contributed by atoms with Crippen molar-refractivity contribution >= 4 is 23.4 Å². The van der Waals surface area contributed by atoms with Crippen molar-refractivity contribution in [2.75, 3.05) is 75.3 Å². The summed E-state index contributed by atoms with van der Waals surface area (Å²) in [6, 6.07) is 6.54. The fourth-order valence-electron chi connectivity index (χ4n) is 4.73. The zero-order chi connectivity index (χ0) is 23.5. The Morgan fingerprint density at radius 3 is 2.15 bits per heavy atom. The van der Waals surface area contributed by atoms with Crippen molar-refractivity contribution in [3.8, 4) is 0 Å². The molecule has 12 nitrogen and oxygen atoms in total. The molecule has 1 atom stereocenters. The van der Waals surface area contributed by atoms with E-state index in [1.165, 1.54) is 25.0 Å². The van der Waals surface area contributed by atoms with Gasteiger partial charge in [0.15, 0.2) is 17.4 Å². The van der Waals surface area contributed by atoms with Gasteiger partial charge in [-0.1, -0.05) is 0 Å². The van der Waals surface area contributed by atoms with Crippen LogP contribution in [0, 0.1) is 10.1 Å². The summed E-state index contributed by atoms with van der Waals surface area (Å²) in [6.45, 7) is 7.91.